The molecule has 0 aliphatic heterocycles. The Morgan fingerprint density at radius 3 is 2.72 bits per heavy atom. The summed E-state index contributed by atoms with van der Waals surface area (Å²) in [6.07, 6.45) is 8.20. The highest BCUT2D eigenvalue weighted by atomic mass is 19.2. The molecule has 0 saturated heterocycles. The second-order valence-corrected chi connectivity index (χ2v) is 7.25. The number of halogens is 1. The number of aliphatic imine (C=N–C) groups is 1. The van der Waals surface area contributed by atoms with E-state index in [1.807, 2.05) is 19.3 Å². The van der Waals surface area contributed by atoms with Crippen LogP contribution in [0.25, 0.3) is 11.8 Å². The zero-order valence-corrected chi connectivity index (χ0v) is 18.1. The minimum absolute atomic E-state index is 0.351. The zero-order chi connectivity index (χ0) is 21.2. The molecule has 2 rings (SSSR count). The summed E-state index contributed by atoms with van der Waals surface area (Å²) in [5.41, 5.74) is 8.12. The molecule has 0 saturated carbocycles. The predicted octanol–water partition coefficient (Wildman–Crippen LogP) is 2.66. The Labute approximate surface area is 172 Å². The first kappa shape index (κ1) is 22.7. The molecule has 0 aliphatic carbocycles. The minimum atomic E-state index is 0.351. The predicted molar refractivity (Wildman–Crippen MR) is 119 cm³/mol. The van der Waals surface area contributed by atoms with Crippen LogP contribution in [-0.2, 0) is 13.0 Å². The second kappa shape index (κ2) is 11.4. The van der Waals surface area contributed by atoms with Crippen LogP contribution in [0.2, 0.25) is 0 Å². The van der Waals surface area contributed by atoms with Gasteiger partial charge in [-0.1, -0.05) is 18.6 Å². The Kier molecular flexibility index (Phi) is 8.93. The number of pyridine rings is 2. The molecule has 6 heteroatoms. The number of nitrogens with zero attached hydrogens (tertiary/aromatic N) is 3. The van der Waals surface area contributed by atoms with Crippen LogP contribution in [0.1, 0.15) is 54.9 Å². The molecule has 0 atom stereocenters. The fourth-order valence-corrected chi connectivity index (χ4v) is 3.24. The van der Waals surface area contributed by atoms with Gasteiger partial charge in [0.05, 0.1) is 5.69 Å². The van der Waals surface area contributed by atoms with Crippen molar-refractivity contribution in [2.24, 2.45) is 4.99 Å². The normalized spacial score (nSPS) is 13.2. The number of aromatic nitrogens is 2. The summed E-state index contributed by atoms with van der Waals surface area (Å²) in [5.74, 6) is 0. The molecule has 2 aromatic heterocycles. The number of aryl methyl sites for hydroxylation is 3. The number of rotatable bonds is 9. The van der Waals surface area contributed by atoms with Crippen molar-refractivity contribution >= 4 is 18.0 Å². The summed E-state index contributed by atoms with van der Waals surface area (Å²) in [7, 11) is 1.76. The Morgan fingerprint density at radius 2 is 2.07 bits per heavy atom. The first-order valence-corrected chi connectivity index (χ1v) is 10.1. The second-order valence-electron chi connectivity index (χ2n) is 7.25. The molecule has 0 unspecified atom stereocenters. The van der Waals surface area contributed by atoms with Crippen molar-refractivity contribution in [3.05, 3.63) is 57.0 Å². The Balaban J connectivity index is 2.27. The quantitative estimate of drug-likeness (QED) is 0.388. The lowest BCUT2D eigenvalue weighted by Gasteiger charge is -2.08. The molecule has 0 amide bonds. The van der Waals surface area contributed by atoms with Gasteiger partial charge >= 0.3 is 0 Å². The lowest BCUT2D eigenvalue weighted by molar-refractivity contribution is 0.331. The van der Waals surface area contributed by atoms with Gasteiger partial charge in [-0.15, -0.1) is 4.48 Å². The monoisotopic (exact) mass is 397 g/mol. The summed E-state index contributed by atoms with van der Waals surface area (Å²) in [6.45, 7) is 9.40. The third kappa shape index (κ3) is 6.46. The Hall–Kier alpha value is -2.60. The van der Waals surface area contributed by atoms with Crippen molar-refractivity contribution in [3.63, 3.8) is 0 Å². The van der Waals surface area contributed by atoms with Gasteiger partial charge in [-0.05, 0) is 62.4 Å². The van der Waals surface area contributed by atoms with Gasteiger partial charge in [-0.2, -0.15) is 5.54 Å². The lowest BCUT2D eigenvalue weighted by Crippen LogP contribution is -2.34. The van der Waals surface area contributed by atoms with Gasteiger partial charge in [0, 0.05) is 55.4 Å². The van der Waals surface area contributed by atoms with Crippen LogP contribution in [0.3, 0.4) is 0 Å². The van der Waals surface area contributed by atoms with Gasteiger partial charge in [0.25, 0.3) is 0 Å². The van der Waals surface area contributed by atoms with Crippen LogP contribution >= 0.6 is 0 Å². The molecular formula is C23H32FN5. The molecule has 0 spiro atoms. The molecule has 2 heterocycles. The molecule has 2 aromatic rings. The van der Waals surface area contributed by atoms with E-state index in [0.29, 0.717) is 13.1 Å². The maximum Gasteiger partial charge on any atom is 0.0903 e. The van der Waals surface area contributed by atoms with E-state index >= 15 is 0 Å². The number of hydrogen-bond acceptors (Lipinski definition) is 5. The molecule has 0 radical (unpaired) electrons. The zero-order valence-electron chi connectivity index (χ0n) is 18.1. The van der Waals surface area contributed by atoms with Crippen molar-refractivity contribution in [1.82, 2.24) is 20.8 Å². The third-order valence-electron chi connectivity index (χ3n) is 4.94. The largest absolute Gasteiger partial charge is 0.386 e. The van der Waals surface area contributed by atoms with E-state index in [2.05, 4.69) is 53.2 Å². The number of hydrogen-bond donors (Lipinski definition) is 2. The third-order valence-corrected chi connectivity index (χ3v) is 4.94. The van der Waals surface area contributed by atoms with Gasteiger partial charge in [-0.3, -0.25) is 15.0 Å². The smallest absolute Gasteiger partial charge is 0.0903 e. The van der Waals surface area contributed by atoms with Crippen LogP contribution in [0.4, 0.5) is 4.48 Å². The van der Waals surface area contributed by atoms with E-state index in [-0.39, 0.29) is 0 Å². The standard InChI is InChI=1S/C23H32FN5/c1-6-16(2)20-11-18(4)29-23(15-25-5)21(20)14-26-12-19-10-17(3)22(27-13-19)8-7-9-28-24/h10-11,13-15,26,28H,6-9,12H2,1-5H3/b20-16-,21-14+,25-15?. The maximum absolute atomic E-state index is 12.0. The van der Waals surface area contributed by atoms with Crippen LogP contribution in [-0.4, -0.2) is 29.8 Å². The summed E-state index contributed by atoms with van der Waals surface area (Å²) >= 11 is 0. The van der Waals surface area contributed by atoms with E-state index in [9.17, 15) is 4.48 Å². The van der Waals surface area contributed by atoms with Crippen molar-refractivity contribution < 1.29 is 4.48 Å². The SMILES string of the molecule is CC/C(C)=c1/cc(C)nc(C=NC)/c1=C/NCc1cnc(CCCNF)c(C)c1. The average molecular weight is 398 g/mol. The van der Waals surface area contributed by atoms with Crippen LogP contribution < -0.4 is 21.3 Å². The summed E-state index contributed by atoms with van der Waals surface area (Å²) < 4.78 is 12.0. The average Bonchev–Trinajstić information content (AvgIpc) is 2.70. The van der Waals surface area contributed by atoms with Crippen molar-refractivity contribution in [1.29, 1.82) is 0 Å². The van der Waals surface area contributed by atoms with Gasteiger partial charge in [0.15, 0.2) is 0 Å². The van der Waals surface area contributed by atoms with Crippen molar-refractivity contribution in [2.45, 2.75) is 53.5 Å². The molecule has 29 heavy (non-hydrogen) atoms. The van der Waals surface area contributed by atoms with E-state index < -0.39 is 0 Å². The minimum Gasteiger partial charge on any atom is -0.386 e. The molecule has 0 fully saturated rings. The highest BCUT2D eigenvalue weighted by Gasteiger charge is 2.04. The van der Waals surface area contributed by atoms with E-state index in [1.54, 1.807) is 18.8 Å². The van der Waals surface area contributed by atoms with Gasteiger partial charge in [-0.25, -0.2) is 0 Å². The molecule has 5 nitrogen and oxygen atoms in total. The topological polar surface area (TPSA) is 62.2 Å². The molecule has 2 N–H and O–H groups in total. The first-order chi connectivity index (χ1) is 14.0. The molecule has 0 bridgehead atoms. The van der Waals surface area contributed by atoms with Crippen LogP contribution in [0.5, 0.6) is 0 Å². The lowest BCUT2D eigenvalue weighted by atomic mass is 10.1. The highest BCUT2D eigenvalue weighted by molar-refractivity contribution is 5.78. The molecule has 0 aliphatic rings. The fourth-order valence-electron chi connectivity index (χ4n) is 3.24. The summed E-state index contributed by atoms with van der Waals surface area (Å²) in [4.78, 5) is 13.4. The van der Waals surface area contributed by atoms with Crippen LogP contribution in [0.15, 0.2) is 23.3 Å². The molecule has 0 aromatic carbocycles. The van der Waals surface area contributed by atoms with Gasteiger partial charge < -0.3 is 5.32 Å². The number of nitrogens with one attached hydrogen (secondary N) is 2. The Bertz CT molecular complexity index is 966. The first-order valence-electron chi connectivity index (χ1n) is 10.1. The highest BCUT2D eigenvalue weighted by Crippen LogP contribution is 2.09. The van der Waals surface area contributed by atoms with E-state index in [1.165, 1.54) is 10.8 Å². The molecular weight excluding hydrogens is 365 g/mol. The summed E-state index contributed by atoms with van der Waals surface area (Å²) in [6, 6.07) is 4.27. The van der Waals surface area contributed by atoms with Crippen molar-refractivity contribution in [2.75, 3.05) is 13.6 Å². The van der Waals surface area contributed by atoms with Gasteiger partial charge in [0.1, 0.15) is 0 Å². The van der Waals surface area contributed by atoms with Crippen molar-refractivity contribution in [3.8, 4) is 0 Å². The van der Waals surface area contributed by atoms with Crippen LogP contribution in [0, 0.1) is 13.8 Å². The van der Waals surface area contributed by atoms with Gasteiger partial charge in [0.2, 0.25) is 0 Å². The maximum atomic E-state index is 12.0. The Morgan fingerprint density at radius 1 is 1.28 bits per heavy atom. The summed E-state index contributed by atoms with van der Waals surface area (Å²) in [5, 5.41) is 5.67. The van der Waals surface area contributed by atoms with E-state index in [4.69, 9.17) is 0 Å². The molecule has 156 valence electrons. The fraction of sp³-hybridized carbons (Fsp3) is 0.435. The van der Waals surface area contributed by atoms with E-state index in [0.717, 1.165) is 52.7 Å².